The number of anilines is 1. The fourth-order valence-corrected chi connectivity index (χ4v) is 4.29. The van der Waals surface area contributed by atoms with Crippen LogP contribution < -0.4 is 19.5 Å². The van der Waals surface area contributed by atoms with Gasteiger partial charge < -0.3 is 19.5 Å². The van der Waals surface area contributed by atoms with Gasteiger partial charge in [-0.3, -0.25) is 4.79 Å². The molecule has 1 aliphatic heterocycles. The Labute approximate surface area is 188 Å². The van der Waals surface area contributed by atoms with E-state index in [2.05, 4.69) is 43.4 Å². The van der Waals surface area contributed by atoms with E-state index < -0.39 is 5.41 Å². The van der Waals surface area contributed by atoms with Gasteiger partial charge in [-0.15, -0.1) is 0 Å². The number of nitrogens with one attached hydrogen (secondary N) is 1. The second kappa shape index (κ2) is 7.90. The van der Waals surface area contributed by atoms with E-state index in [4.69, 9.17) is 14.2 Å². The molecule has 0 unspecified atom stereocenters. The number of methoxy groups -OCH3 is 1. The molecule has 1 fully saturated rings. The van der Waals surface area contributed by atoms with Gasteiger partial charge in [-0.25, -0.2) is 0 Å². The molecule has 3 aromatic carbocycles. The quantitative estimate of drug-likeness (QED) is 0.531. The first-order valence-electron chi connectivity index (χ1n) is 11.0. The van der Waals surface area contributed by atoms with Gasteiger partial charge >= 0.3 is 0 Å². The molecular formula is C27H27NO4. The van der Waals surface area contributed by atoms with Crippen molar-refractivity contribution in [1.29, 1.82) is 0 Å². The highest BCUT2D eigenvalue weighted by Crippen LogP contribution is 2.51. The highest BCUT2D eigenvalue weighted by molar-refractivity contribution is 6.02. The summed E-state index contributed by atoms with van der Waals surface area (Å²) >= 11 is 0. The van der Waals surface area contributed by atoms with Crippen molar-refractivity contribution in [2.24, 2.45) is 0 Å². The van der Waals surface area contributed by atoms with E-state index in [1.165, 1.54) is 5.56 Å². The van der Waals surface area contributed by atoms with E-state index in [-0.39, 0.29) is 12.7 Å². The van der Waals surface area contributed by atoms with E-state index in [9.17, 15) is 4.79 Å². The Morgan fingerprint density at radius 2 is 1.81 bits per heavy atom. The molecule has 1 amide bonds. The zero-order chi connectivity index (χ0) is 22.3. The van der Waals surface area contributed by atoms with E-state index in [1.54, 1.807) is 7.11 Å². The predicted molar refractivity (Wildman–Crippen MR) is 125 cm³/mol. The van der Waals surface area contributed by atoms with Crippen molar-refractivity contribution < 1.29 is 19.0 Å². The molecule has 1 N–H and O–H groups in total. The van der Waals surface area contributed by atoms with Gasteiger partial charge in [-0.05, 0) is 65.8 Å². The van der Waals surface area contributed by atoms with E-state index in [0.717, 1.165) is 46.7 Å². The Bertz CT molecular complexity index is 1180. The summed E-state index contributed by atoms with van der Waals surface area (Å²) in [6, 6.07) is 20.0. The molecule has 0 bridgehead atoms. The molecule has 0 spiro atoms. The van der Waals surface area contributed by atoms with E-state index >= 15 is 0 Å². The number of hydrogen-bond acceptors (Lipinski definition) is 4. The first-order chi connectivity index (χ1) is 15.5. The average Bonchev–Trinajstić information content (AvgIpc) is 3.50. The van der Waals surface area contributed by atoms with Gasteiger partial charge in [0.25, 0.3) is 0 Å². The molecule has 2 aliphatic rings. The monoisotopic (exact) mass is 429 g/mol. The first-order valence-corrected chi connectivity index (χ1v) is 11.0. The number of benzene rings is 3. The SMILES string of the molecule is COc1ccc(NC(=O)C2(c3ccc4c(c3)OCO4)CC2)cc1-c1cccc(C(C)C)c1. The first kappa shape index (κ1) is 20.4. The Kier molecular flexibility index (Phi) is 5.04. The summed E-state index contributed by atoms with van der Waals surface area (Å²) in [7, 11) is 1.67. The van der Waals surface area contributed by atoms with Gasteiger partial charge in [0, 0.05) is 11.3 Å². The van der Waals surface area contributed by atoms with Crippen LogP contribution in [0.25, 0.3) is 11.1 Å². The van der Waals surface area contributed by atoms with Gasteiger partial charge in [0.1, 0.15) is 5.75 Å². The fraction of sp³-hybridized carbons (Fsp3) is 0.296. The Hall–Kier alpha value is -3.47. The number of hydrogen-bond donors (Lipinski definition) is 1. The van der Waals surface area contributed by atoms with Crippen molar-refractivity contribution in [3.63, 3.8) is 0 Å². The minimum Gasteiger partial charge on any atom is -0.496 e. The zero-order valence-electron chi connectivity index (χ0n) is 18.6. The Morgan fingerprint density at radius 3 is 2.56 bits per heavy atom. The Morgan fingerprint density at radius 1 is 1.00 bits per heavy atom. The molecule has 0 saturated heterocycles. The lowest BCUT2D eigenvalue weighted by atomic mass is 9.94. The molecule has 0 radical (unpaired) electrons. The number of fused-ring (bicyclic) bond motifs is 1. The normalized spacial score (nSPS) is 15.5. The number of ether oxygens (including phenoxy) is 3. The fourth-order valence-electron chi connectivity index (χ4n) is 4.29. The number of rotatable bonds is 6. The van der Waals surface area contributed by atoms with Crippen LogP contribution in [0.1, 0.15) is 43.7 Å². The van der Waals surface area contributed by atoms with Crippen LogP contribution in [0.5, 0.6) is 17.2 Å². The summed E-state index contributed by atoms with van der Waals surface area (Å²) in [5.41, 5.74) is 4.50. The van der Waals surface area contributed by atoms with Crippen LogP contribution in [0.15, 0.2) is 60.7 Å². The standard InChI is InChI=1S/C27H27NO4/c1-17(2)18-5-4-6-19(13-18)22-15-21(8-10-23(22)30-3)28-26(29)27(11-12-27)20-7-9-24-25(14-20)32-16-31-24/h4-10,13-15,17H,11-12,16H2,1-3H3,(H,28,29). The molecular weight excluding hydrogens is 402 g/mol. The van der Waals surface area contributed by atoms with Crippen molar-refractivity contribution in [2.75, 3.05) is 19.2 Å². The van der Waals surface area contributed by atoms with Gasteiger partial charge in [0.2, 0.25) is 12.7 Å². The van der Waals surface area contributed by atoms with Crippen LogP contribution in [0.3, 0.4) is 0 Å². The van der Waals surface area contributed by atoms with E-state index in [1.807, 2.05) is 36.4 Å². The molecule has 32 heavy (non-hydrogen) atoms. The molecule has 5 nitrogen and oxygen atoms in total. The molecule has 1 saturated carbocycles. The summed E-state index contributed by atoms with van der Waals surface area (Å²) in [5, 5.41) is 3.14. The van der Waals surface area contributed by atoms with Crippen molar-refractivity contribution in [3.8, 4) is 28.4 Å². The summed E-state index contributed by atoms with van der Waals surface area (Å²) in [4.78, 5) is 13.3. The summed E-state index contributed by atoms with van der Waals surface area (Å²) in [6.45, 7) is 4.58. The molecule has 1 heterocycles. The maximum absolute atomic E-state index is 13.3. The molecule has 5 rings (SSSR count). The lowest BCUT2D eigenvalue weighted by Gasteiger charge is -2.18. The van der Waals surface area contributed by atoms with Crippen LogP contribution in [0.4, 0.5) is 5.69 Å². The minimum absolute atomic E-state index is 0.00316. The third-order valence-electron chi connectivity index (χ3n) is 6.43. The Balaban J connectivity index is 1.43. The van der Waals surface area contributed by atoms with Gasteiger partial charge in [-0.2, -0.15) is 0 Å². The van der Waals surface area contributed by atoms with Crippen LogP contribution in [-0.4, -0.2) is 19.8 Å². The highest BCUT2D eigenvalue weighted by atomic mass is 16.7. The number of amides is 1. The molecule has 1 aliphatic carbocycles. The third-order valence-corrected chi connectivity index (χ3v) is 6.43. The maximum Gasteiger partial charge on any atom is 0.235 e. The number of carbonyl (C=O) groups excluding carboxylic acids is 1. The van der Waals surface area contributed by atoms with Gasteiger partial charge in [0.05, 0.1) is 12.5 Å². The average molecular weight is 430 g/mol. The predicted octanol–water partition coefficient (Wildman–Crippen LogP) is 5.88. The smallest absolute Gasteiger partial charge is 0.235 e. The van der Waals surface area contributed by atoms with Crippen LogP contribution in [-0.2, 0) is 10.2 Å². The molecule has 164 valence electrons. The maximum atomic E-state index is 13.3. The minimum atomic E-state index is -0.515. The molecule has 3 aromatic rings. The lowest BCUT2D eigenvalue weighted by molar-refractivity contribution is -0.118. The van der Waals surface area contributed by atoms with Gasteiger partial charge in [-0.1, -0.05) is 44.2 Å². The van der Waals surface area contributed by atoms with Crippen molar-refractivity contribution in [3.05, 3.63) is 71.8 Å². The lowest BCUT2D eigenvalue weighted by Crippen LogP contribution is -2.27. The zero-order valence-corrected chi connectivity index (χ0v) is 18.6. The molecule has 5 heteroatoms. The van der Waals surface area contributed by atoms with Gasteiger partial charge in [0.15, 0.2) is 11.5 Å². The topological polar surface area (TPSA) is 56.8 Å². The van der Waals surface area contributed by atoms with Crippen LogP contribution in [0.2, 0.25) is 0 Å². The second-order valence-electron chi connectivity index (χ2n) is 8.80. The van der Waals surface area contributed by atoms with E-state index in [0.29, 0.717) is 11.7 Å². The largest absolute Gasteiger partial charge is 0.496 e. The third kappa shape index (κ3) is 3.58. The van der Waals surface area contributed by atoms with Crippen molar-refractivity contribution in [1.82, 2.24) is 0 Å². The van der Waals surface area contributed by atoms with Crippen molar-refractivity contribution >= 4 is 11.6 Å². The highest BCUT2D eigenvalue weighted by Gasteiger charge is 2.51. The summed E-state index contributed by atoms with van der Waals surface area (Å²) < 4.78 is 16.5. The molecule has 0 atom stereocenters. The second-order valence-corrected chi connectivity index (χ2v) is 8.80. The van der Waals surface area contributed by atoms with Crippen LogP contribution >= 0.6 is 0 Å². The van der Waals surface area contributed by atoms with Crippen LogP contribution in [0, 0.1) is 0 Å². The molecule has 0 aromatic heterocycles. The van der Waals surface area contributed by atoms with Crippen molar-refractivity contribution in [2.45, 2.75) is 38.0 Å². The number of carbonyl (C=O) groups is 1. The summed E-state index contributed by atoms with van der Waals surface area (Å²) in [6.07, 6.45) is 1.63. The summed E-state index contributed by atoms with van der Waals surface area (Å²) in [5.74, 6) is 2.65.